The number of rotatable bonds is 2. The molecule has 22 heavy (non-hydrogen) atoms. The van der Waals surface area contributed by atoms with Crippen molar-refractivity contribution < 1.29 is 4.74 Å². The van der Waals surface area contributed by atoms with E-state index in [4.69, 9.17) is 9.72 Å². The Hall–Kier alpha value is -2.62. The van der Waals surface area contributed by atoms with Gasteiger partial charge in [-0.15, -0.1) is 0 Å². The van der Waals surface area contributed by atoms with Crippen molar-refractivity contribution in [3.05, 3.63) is 54.1 Å². The lowest BCUT2D eigenvalue weighted by molar-refractivity contribution is 0.414. The number of pyridine rings is 1. The van der Waals surface area contributed by atoms with E-state index in [2.05, 4.69) is 34.7 Å². The molecule has 0 aliphatic carbocycles. The largest absolute Gasteiger partial charge is 0.497 e. The first-order chi connectivity index (χ1) is 10.8. The van der Waals surface area contributed by atoms with Gasteiger partial charge in [-0.1, -0.05) is 0 Å². The molecule has 1 aliphatic heterocycles. The van der Waals surface area contributed by atoms with Crippen molar-refractivity contribution in [2.45, 2.75) is 19.9 Å². The van der Waals surface area contributed by atoms with Crippen LogP contribution in [-0.4, -0.2) is 21.6 Å². The molecule has 0 saturated heterocycles. The molecule has 0 amide bonds. The number of nitrogens with zero attached hydrogens (tertiary/aromatic N) is 3. The number of aromatic nitrogens is 3. The summed E-state index contributed by atoms with van der Waals surface area (Å²) in [4.78, 5) is 9.03. The number of methoxy groups -OCH3 is 1. The molecular formula is C18H17N3O. The molecule has 0 radical (unpaired) electrons. The molecule has 1 aromatic carbocycles. The number of hydrogen-bond donors (Lipinski definition) is 0. The summed E-state index contributed by atoms with van der Waals surface area (Å²) in [5.74, 6) is 1.96. The van der Waals surface area contributed by atoms with Crippen LogP contribution < -0.4 is 4.74 Å². The average molecular weight is 291 g/mol. The first-order valence-corrected chi connectivity index (χ1v) is 7.43. The first-order valence-electron chi connectivity index (χ1n) is 7.43. The standard InChI is InChI=1S/C18H17N3O/c1-12-20-17(14-4-3-8-19-11-14)18-16-6-5-15(22-2)10-13(16)7-9-21(12)18/h3-6,8,10-11H,7,9H2,1-2H3. The molecule has 2 aromatic heterocycles. The fraction of sp³-hybridized carbons (Fsp3) is 0.222. The highest BCUT2D eigenvalue weighted by Gasteiger charge is 2.24. The van der Waals surface area contributed by atoms with E-state index in [1.165, 1.54) is 16.8 Å². The second kappa shape index (κ2) is 4.98. The highest BCUT2D eigenvalue weighted by Crippen LogP contribution is 2.38. The van der Waals surface area contributed by atoms with Crippen molar-refractivity contribution in [3.63, 3.8) is 0 Å². The average Bonchev–Trinajstić information content (AvgIpc) is 2.92. The third kappa shape index (κ3) is 1.91. The van der Waals surface area contributed by atoms with Gasteiger partial charge in [0.05, 0.1) is 18.5 Å². The Bertz CT molecular complexity index is 837. The molecular weight excluding hydrogens is 274 g/mol. The smallest absolute Gasteiger partial charge is 0.119 e. The van der Waals surface area contributed by atoms with E-state index in [1.807, 2.05) is 18.3 Å². The molecule has 0 atom stereocenters. The van der Waals surface area contributed by atoms with Gasteiger partial charge in [-0.05, 0) is 49.2 Å². The third-order valence-corrected chi connectivity index (χ3v) is 4.27. The summed E-state index contributed by atoms with van der Waals surface area (Å²) < 4.78 is 7.66. The summed E-state index contributed by atoms with van der Waals surface area (Å²) in [5, 5.41) is 0. The number of aryl methyl sites for hydroxylation is 2. The maximum absolute atomic E-state index is 5.36. The highest BCUT2D eigenvalue weighted by atomic mass is 16.5. The van der Waals surface area contributed by atoms with Crippen molar-refractivity contribution in [2.24, 2.45) is 0 Å². The zero-order valence-corrected chi connectivity index (χ0v) is 12.7. The van der Waals surface area contributed by atoms with Crippen LogP contribution >= 0.6 is 0 Å². The summed E-state index contributed by atoms with van der Waals surface area (Å²) >= 11 is 0. The minimum Gasteiger partial charge on any atom is -0.497 e. The summed E-state index contributed by atoms with van der Waals surface area (Å²) in [7, 11) is 1.71. The van der Waals surface area contributed by atoms with Gasteiger partial charge in [0, 0.05) is 30.1 Å². The van der Waals surface area contributed by atoms with Crippen LogP contribution in [0.1, 0.15) is 11.4 Å². The number of fused-ring (bicyclic) bond motifs is 3. The SMILES string of the molecule is COc1ccc2c(c1)CCn1c(C)nc(-c3cccnc3)c1-2. The lowest BCUT2D eigenvalue weighted by Gasteiger charge is -2.21. The van der Waals surface area contributed by atoms with Gasteiger partial charge < -0.3 is 9.30 Å². The Kier molecular flexibility index (Phi) is 2.96. The number of imidazole rings is 1. The van der Waals surface area contributed by atoms with Crippen LogP contribution in [-0.2, 0) is 13.0 Å². The van der Waals surface area contributed by atoms with E-state index < -0.39 is 0 Å². The summed E-state index contributed by atoms with van der Waals surface area (Å²) in [6, 6.07) is 10.3. The predicted molar refractivity (Wildman–Crippen MR) is 85.9 cm³/mol. The van der Waals surface area contributed by atoms with Crippen LogP contribution in [0.2, 0.25) is 0 Å². The minimum absolute atomic E-state index is 0.909. The molecule has 4 rings (SSSR count). The topological polar surface area (TPSA) is 39.9 Å². The van der Waals surface area contributed by atoms with Crippen molar-refractivity contribution in [2.75, 3.05) is 7.11 Å². The Morgan fingerprint density at radius 2 is 2.14 bits per heavy atom. The molecule has 0 spiro atoms. The van der Waals surface area contributed by atoms with E-state index in [0.717, 1.165) is 35.8 Å². The summed E-state index contributed by atoms with van der Waals surface area (Å²) in [6.45, 7) is 3.02. The van der Waals surface area contributed by atoms with Crippen molar-refractivity contribution in [1.82, 2.24) is 14.5 Å². The van der Waals surface area contributed by atoms with Crippen LogP contribution in [0.25, 0.3) is 22.5 Å². The van der Waals surface area contributed by atoms with E-state index >= 15 is 0 Å². The van der Waals surface area contributed by atoms with Gasteiger partial charge in [0.1, 0.15) is 11.6 Å². The first kappa shape index (κ1) is 13.1. The van der Waals surface area contributed by atoms with Gasteiger partial charge in [-0.25, -0.2) is 4.98 Å². The molecule has 3 heterocycles. The van der Waals surface area contributed by atoms with Crippen LogP contribution in [0, 0.1) is 6.92 Å². The highest BCUT2D eigenvalue weighted by molar-refractivity contribution is 5.81. The number of benzene rings is 1. The molecule has 4 nitrogen and oxygen atoms in total. The second-order valence-corrected chi connectivity index (χ2v) is 5.52. The maximum Gasteiger partial charge on any atom is 0.119 e. The molecule has 1 aliphatic rings. The van der Waals surface area contributed by atoms with Crippen molar-refractivity contribution in [3.8, 4) is 28.3 Å². The van der Waals surface area contributed by atoms with E-state index in [0.29, 0.717) is 0 Å². The zero-order chi connectivity index (χ0) is 15.1. The van der Waals surface area contributed by atoms with E-state index in [9.17, 15) is 0 Å². The van der Waals surface area contributed by atoms with E-state index in [-0.39, 0.29) is 0 Å². The number of hydrogen-bond acceptors (Lipinski definition) is 3. The molecule has 110 valence electrons. The Balaban J connectivity index is 1.96. The summed E-state index contributed by atoms with van der Waals surface area (Å²) in [6.07, 6.45) is 4.67. The third-order valence-electron chi connectivity index (χ3n) is 4.27. The molecule has 0 unspecified atom stereocenters. The summed E-state index contributed by atoms with van der Waals surface area (Å²) in [5.41, 5.74) is 5.82. The van der Waals surface area contributed by atoms with Gasteiger partial charge in [-0.3, -0.25) is 4.98 Å². The molecule has 3 aromatic rings. The fourth-order valence-electron chi connectivity index (χ4n) is 3.18. The number of ether oxygens (including phenoxy) is 1. The Labute approximate surface area is 129 Å². The zero-order valence-electron chi connectivity index (χ0n) is 12.7. The van der Waals surface area contributed by atoms with Gasteiger partial charge in [0.25, 0.3) is 0 Å². The Morgan fingerprint density at radius 1 is 1.23 bits per heavy atom. The monoisotopic (exact) mass is 291 g/mol. The normalized spacial score (nSPS) is 12.6. The van der Waals surface area contributed by atoms with Gasteiger partial charge in [-0.2, -0.15) is 0 Å². The predicted octanol–water partition coefficient (Wildman–Crippen LogP) is 3.49. The molecule has 4 heteroatoms. The van der Waals surface area contributed by atoms with Crippen LogP contribution in [0.5, 0.6) is 5.75 Å². The second-order valence-electron chi connectivity index (χ2n) is 5.52. The Morgan fingerprint density at radius 3 is 2.91 bits per heavy atom. The minimum atomic E-state index is 0.909. The molecule has 0 N–H and O–H groups in total. The quantitative estimate of drug-likeness (QED) is 0.725. The molecule has 0 saturated carbocycles. The van der Waals surface area contributed by atoms with Crippen LogP contribution in [0.15, 0.2) is 42.7 Å². The van der Waals surface area contributed by atoms with Gasteiger partial charge in [0.2, 0.25) is 0 Å². The van der Waals surface area contributed by atoms with E-state index in [1.54, 1.807) is 13.3 Å². The van der Waals surface area contributed by atoms with Crippen molar-refractivity contribution in [1.29, 1.82) is 0 Å². The lowest BCUT2D eigenvalue weighted by atomic mass is 9.95. The molecule has 0 fully saturated rings. The van der Waals surface area contributed by atoms with Gasteiger partial charge >= 0.3 is 0 Å². The van der Waals surface area contributed by atoms with Crippen molar-refractivity contribution >= 4 is 0 Å². The van der Waals surface area contributed by atoms with Crippen LogP contribution in [0.4, 0.5) is 0 Å². The fourth-order valence-corrected chi connectivity index (χ4v) is 3.18. The van der Waals surface area contributed by atoms with Crippen LogP contribution in [0.3, 0.4) is 0 Å². The maximum atomic E-state index is 5.36. The van der Waals surface area contributed by atoms with Gasteiger partial charge in [0.15, 0.2) is 0 Å². The molecule has 0 bridgehead atoms. The lowest BCUT2D eigenvalue weighted by Crippen LogP contribution is -2.12.